The summed E-state index contributed by atoms with van der Waals surface area (Å²) in [4.78, 5) is 24.8. The number of amides is 1. The van der Waals surface area contributed by atoms with E-state index in [0.717, 1.165) is 12.0 Å². The van der Waals surface area contributed by atoms with Crippen LogP contribution in [0.5, 0.6) is 0 Å². The van der Waals surface area contributed by atoms with Gasteiger partial charge >= 0.3 is 5.97 Å². The molecule has 120 valence electrons. The van der Waals surface area contributed by atoms with Gasteiger partial charge in [-0.15, -0.1) is 11.8 Å². The summed E-state index contributed by atoms with van der Waals surface area (Å²) in [5.41, 5.74) is 0.936. The first kappa shape index (κ1) is 17.4. The number of halogens is 2. The van der Waals surface area contributed by atoms with Crippen LogP contribution in [0.1, 0.15) is 18.4 Å². The molecule has 0 spiro atoms. The van der Waals surface area contributed by atoms with E-state index in [1.807, 2.05) is 6.07 Å². The fraction of sp³-hybridized carbons (Fsp3) is 0.467. The topological polar surface area (TPSA) is 57.6 Å². The van der Waals surface area contributed by atoms with Gasteiger partial charge in [-0.05, 0) is 30.5 Å². The summed E-state index contributed by atoms with van der Waals surface area (Å²) in [6.07, 6.45) is 1.39. The van der Waals surface area contributed by atoms with Gasteiger partial charge in [0.1, 0.15) is 0 Å². The van der Waals surface area contributed by atoms with Gasteiger partial charge in [0.2, 0.25) is 5.91 Å². The van der Waals surface area contributed by atoms with E-state index in [2.05, 4.69) is 0 Å². The third-order valence-electron chi connectivity index (χ3n) is 3.62. The first-order valence-corrected chi connectivity index (χ1v) is 8.90. The molecule has 1 aromatic carbocycles. The number of likely N-dealkylation sites (tertiary alicyclic amines) is 1. The first-order valence-electron chi connectivity index (χ1n) is 6.99. The van der Waals surface area contributed by atoms with E-state index in [4.69, 9.17) is 28.3 Å². The Morgan fingerprint density at radius 1 is 1.36 bits per heavy atom. The molecule has 0 radical (unpaired) electrons. The highest BCUT2D eigenvalue weighted by atomic mass is 35.5. The van der Waals surface area contributed by atoms with Crippen molar-refractivity contribution >= 4 is 46.8 Å². The lowest BCUT2D eigenvalue weighted by Gasteiger charge is -2.30. The van der Waals surface area contributed by atoms with Crippen LogP contribution in [0.4, 0.5) is 0 Å². The molecule has 0 aromatic heterocycles. The van der Waals surface area contributed by atoms with Crippen LogP contribution < -0.4 is 0 Å². The van der Waals surface area contributed by atoms with Gasteiger partial charge in [-0.25, -0.2) is 0 Å². The Balaban J connectivity index is 1.81. The second-order valence-electron chi connectivity index (χ2n) is 5.25. The number of carboxylic acids is 1. The molecule has 0 bridgehead atoms. The Kier molecular flexibility index (Phi) is 6.41. The molecule has 7 heteroatoms. The molecule has 0 aliphatic carbocycles. The van der Waals surface area contributed by atoms with Crippen LogP contribution in [0.3, 0.4) is 0 Å². The van der Waals surface area contributed by atoms with Gasteiger partial charge in [-0.2, -0.15) is 0 Å². The second kappa shape index (κ2) is 8.09. The van der Waals surface area contributed by atoms with Crippen LogP contribution in [0, 0.1) is 5.92 Å². The van der Waals surface area contributed by atoms with E-state index >= 15 is 0 Å². The van der Waals surface area contributed by atoms with Gasteiger partial charge < -0.3 is 10.0 Å². The van der Waals surface area contributed by atoms with Crippen LogP contribution in [0.2, 0.25) is 10.0 Å². The average Bonchev–Trinajstić information content (AvgIpc) is 2.49. The fourth-order valence-electron chi connectivity index (χ4n) is 2.38. The fourth-order valence-corrected chi connectivity index (χ4v) is 3.87. The molecule has 1 fully saturated rings. The van der Waals surface area contributed by atoms with Crippen LogP contribution in [-0.2, 0) is 15.3 Å². The minimum Gasteiger partial charge on any atom is -0.481 e. The average molecular weight is 362 g/mol. The van der Waals surface area contributed by atoms with E-state index < -0.39 is 11.9 Å². The zero-order valence-electron chi connectivity index (χ0n) is 11.9. The van der Waals surface area contributed by atoms with E-state index in [-0.39, 0.29) is 5.91 Å². The summed E-state index contributed by atoms with van der Waals surface area (Å²) in [6.45, 7) is 0.960. The van der Waals surface area contributed by atoms with Gasteiger partial charge in [0.05, 0.1) is 11.7 Å². The van der Waals surface area contributed by atoms with Crippen molar-refractivity contribution in [3.05, 3.63) is 33.8 Å². The molecule has 22 heavy (non-hydrogen) atoms. The highest BCUT2D eigenvalue weighted by Gasteiger charge is 2.27. The van der Waals surface area contributed by atoms with E-state index in [1.54, 1.807) is 17.0 Å². The highest BCUT2D eigenvalue weighted by Crippen LogP contribution is 2.25. The Labute approximate surface area is 143 Å². The SMILES string of the molecule is O=C(O)[C@H]1CCCN(C(=O)CSCc2ccc(Cl)cc2Cl)C1. The molecule has 1 heterocycles. The van der Waals surface area contributed by atoms with Crippen molar-refractivity contribution in [3.8, 4) is 0 Å². The van der Waals surface area contributed by atoms with Gasteiger partial charge in [0, 0.05) is 28.9 Å². The van der Waals surface area contributed by atoms with Gasteiger partial charge in [0.15, 0.2) is 0 Å². The predicted molar refractivity (Wildman–Crippen MR) is 89.6 cm³/mol. The maximum atomic E-state index is 12.2. The zero-order valence-corrected chi connectivity index (χ0v) is 14.3. The number of piperidine rings is 1. The predicted octanol–water partition coefficient (Wildman–Crippen LogP) is 3.55. The molecular weight excluding hydrogens is 345 g/mol. The summed E-state index contributed by atoms with van der Waals surface area (Å²) in [7, 11) is 0. The Morgan fingerprint density at radius 3 is 2.82 bits per heavy atom. The molecule has 4 nitrogen and oxygen atoms in total. The lowest BCUT2D eigenvalue weighted by atomic mass is 9.98. The maximum Gasteiger partial charge on any atom is 0.308 e. The minimum absolute atomic E-state index is 0.0129. The summed E-state index contributed by atoms with van der Waals surface area (Å²) in [6, 6.07) is 5.31. The number of carbonyl (C=O) groups is 2. The van der Waals surface area contributed by atoms with Crippen molar-refractivity contribution in [2.24, 2.45) is 5.92 Å². The molecule has 2 rings (SSSR count). The largest absolute Gasteiger partial charge is 0.481 e. The van der Waals surface area contributed by atoms with Gasteiger partial charge in [0.25, 0.3) is 0 Å². The van der Waals surface area contributed by atoms with Crippen LogP contribution in [0.25, 0.3) is 0 Å². The monoisotopic (exact) mass is 361 g/mol. The lowest BCUT2D eigenvalue weighted by Crippen LogP contribution is -2.43. The number of rotatable bonds is 5. The molecule has 1 aromatic rings. The molecule has 1 amide bonds. The van der Waals surface area contributed by atoms with Gasteiger partial charge in [-0.3, -0.25) is 9.59 Å². The third-order valence-corrected chi connectivity index (χ3v) is 5.17. The normalized spacial score (nSPS) is 18.3. The summed E-state index contributed by atoms with van der Waals surface area (Å²) in [5, 5.41) is 10.2. The van der Waals surface area contributed by atoms with Crippen molar-refractivity contribution in [1.82, 2.24) is 4.90 Å². The number of carbonyl (C=O) groups excluding carboxylic acids is 1. The maximum absolute atomic E-state index is 12.2. The molecule has 1 atom stereocenters. The molecule has 0 saturated carbocycles. The summed E-state index contributed by atoms with van der Waals surface area (Å²) < 4.78 is 0. The Bertz CT molecular complexity index is 568. The van der Waals surface area contributed by atoms with Crippen LogP contribution >= 0.6 is 35.0 Å². The van der Waals surface area contributed by atoms with Crippen LogP contribution in [-0.4, -0.2) is 40.7 Å². The first-order chi connectivity index (χ1) is 10.5. The van der Waals surface area contributed by atoms with Crippen molar-refractivity contribution < 1.29 is 14.7 Å². The highest BCUT2D eigenvalue weighted by molar-refractivity contribution is 7.99. The minimum atomic E-state index is -0.821. The molecule has 1 saturated heterocycles. The van der Waals surface area contributed by atoms with Crippen LogP contribution in [0.15, 0.2) is 18.2 Å². The summed E-state index contributed by atoms with van der Waals surface area (Å²) >= 11 is 13.4. The van der Waals surface area contributed by atoms with Crippen molar-refractivity contribution in [2.75, 3.05) is 18.8 Å². The number of aliphatic carboxylic acids is 1. The quantitative estimate of drug-likeness (QED) is 0.870. The van der Waals surface area contributed by atoms with E-state index in [0.29, 0.717) is 41.1 Å². The molecule has 1 aliphatic rings. The van der Waals surface area contributed by atoms with Crippen molar-refractivity contribution in [3.63, 3.8) is 0 Å². The Hall–Kier alpha value is -0.910. The standard InChI is InChI=1S/C15H17Cl2NO3S/c16-12-4-3-11(13(17)6-12)8-22-9-14(19)18-5-1-2-10(7-18)15(20)21/h3-4,6,10H,1-2,5,7-9H2,(H,20,21)/t10-/m0/s1. The van der Waals surface area contributed by atoms with E-state index in [1.165, 1.54) is 11.8 Å². The van der Waals surface area contributed by atoms with Gasteiger partial charge in [-0.1, -0.05) is 29.3 Å². The third kappa shape index (κ3) is 4.80. The smallest absolute Gasteiger partial charge is 0.308 e. The molecule has 0 unspecified atom stereocenters. The molecule has 1 N–H and O–H groups in total. The Morgan fingerprint density at radius 2 is 2.14 bits per heavy atom. The van der Waals surface area contributed by atoms with Crippen molar-refractivity contribution in [2.45, 2.75) is 18.6 Å². The van der Waals surface area contributed by atoms with Crippen molar-refractivity contribution in [1.29, 1.82) is 0 Å². The number of benzene rings is 1. The molecular formula is C15H17Cl2NO3S. The zero-order chi connectivity index (χ0) is 16.1. The number of thioether (sulfide) groups is 1. The number of nitrogens with zero attached hydrogens (tertiary/aromatic N) is 1. The number of hydrogen-bond donors (Lipinski definition) is 1. The second-order valence-corrected chi connectivity index (χ2v) is 7.07. The van der Waals surface area contributed by atoms with E-state index in [9.17, 15) is 9.59 Å². The number of hydrogen-bond acceptors (Lipinski definition) is 3. The molecule has 1 aliphatic heterocycles. The number of carboxylic acid groups (broad SMARTS) is 1. The lowest BCUT2D eigenvalue weighted by molar-refractivity contribution is -0.145. The summed E-state index contributed by atoms with van der Waals surface area (Å²) in [5.74, 6) is -0.323.